The Balaban J connectivity index is 1.48. The van der Waals surface area contributed by atoms with Crippen LogP contribution in [0.5, 0.6) is 5.75 Å². The summed E-state index contributed by atoms with van der Waals surface area (Å²) in [4.78, 5) is 25.7. The standard InChI is InChI=1S/C29H19BrN2O3/c30-26-15-6-5-13-24(26)28(33)32-31-18-25-22-12-4-2-9-20(22)16-17-27(25)35-29(34)23-14-7-10-19-8-1-3-11-21(19)23/h1-18H,(H,32,33)/b31-18-. The van der Waals surface area contributed by atoms with Crippen molar-refractivity contribution < 1.29 is 14.3 Å². The number of nitrogens with zero attached hydrogens (tertiary/aromatic N) is 1. The fraction of sp³-hybridized carbons (Fsp3) is 0. The number of nitrogens with one attached hydrogen (secondary N) is 1. The Hall–Kier alpha value is -4.29. The van der Waals surface area contributed by atoms with Gasteiger partial charge in [-0.2, -0.15) is 5.10 Å². The van der Waals surface area contributed by atoms with Crippen molar-refractivity contribution in [3.63, 3.8) is 0 Å². The molecular formula is C29H19BrN2O3. The summed E-state index contributed by atoms with van der Waals surface area (Å²) in [6.07, 6.45) is 1.50. The van der Waals surface area contributed by atoms with E-state index < -0.39 is 5.97 Å². The van der Waals surface area contributed by atoms with Crippen LogP contribution in [0.15, 0.2) is 113 Å². The van der Waals surface area contributed by atoms with Gasteiger partial charge in [-0.25, -0.2) is 10.2 Å². The zero-order valence-electron chi connectivity index (χ0n) is 18.4. The molecule has 5 aromatic carbocycles. The monoisotopic (exact) mass is 522 g/mol. The molecule has 0 unspecified atom stereocenters. The molecule has 35 heavy (non-hydrogen) atoms. The Labute approximate surface area is 210 Å². The number of amides is 1. The fourth-order valence-corrected chi connectivity index (χ4v) is 4.38. The molecule has 6 heteroatoms. The summed E-state index contributed by atoms with van der Waals surface area (Å²) in [5.74, 6) is -0.479. The molecule has 0 saturated heterocycles. The van der Waals surface area contributed by atoms with E-state index in [1.54, 1.807) is 30.3 Å². The van der Waals surface area contributed by atoms with E-state index in [2.05, 4.69) is 26.5 Å². The number of hydrogen-bond acceptors (Lipinski definition) is 4. The number of hydrazone groups is 1. The molecule has 170 valence electrons. The minimum Gasteiger partial charge on any atom is -0.422 e. The first kappa shape index (κ1) is 22.5. The zero-order chi connectivity index (χ0) is 24.2. The number of carbonyl (C=O) groups is 2. The molecule has 0 aromatic heterocycles. The van der Waals surface area contributed by atoms with Crippen LogP contribution in [-0.4, -0.2) is 18.1 Å². The molecule has 0 spiro atoms. The summed E-state index contributed by atoms with van der Waals surface area (Å²) in [5.41, 5.74) is 4.07. The number of esters is 1. The number of carbonyl (C=O) groups excluding carboxylic acids is 2. The molecule has 5 rings (SSSR count). The molecule has 5 aromatic rings. The van der Waals surface area contributed by atoms with Crippen LogP contribution in [0.4, 0.5) is 0 Å². The maximum atomic E-state index is 13.2. The third-order valence-corrected chi connectivity index (χ3v) is 6.31. The highest BCUT2D eigenvalue weighted by molar-refractivity contribution is 9.10. The maximum absolute atomic E-state index is 13.2. The van der Waals surface area contributed by atoms with Crippen molar-refractivity contribution in [1.82, 2.24) is 5.43 Å². The van der Waals surface area contributed by atoms with Crippen molar-refractivity contribution in [1.29, 1.82) is 0 Å². The minimum atomic E-state index is -0.469. The Kier molecular flexibility index (Phi) is 6.37. The summed E-state index contributed by atoms with van der Waals surface area (Å²) in [5, 5.41) is 7.73. The highest BCUT2D eigenvalue weighted by atomic mass is 79.9. The molecule has 0 heterocycles. The first-order chi connectivity index (χ1) is 17.1. The second-order valence-corrected chi connectivity index (χ2v) is 8.65. The average molecular weight is 523 g/mol. The smallest absolute Gasteiger partial charge is 0.344 e. The largest absolute Gasteiger partial charge is 0.422 e. The lowest BCUT2D eigenvalue weighted by Gasteiger charge is -2.12. The van der Waals surface area contributed by atoms with Crippen LogP contribution in [0.25, 0.3) is 21.5 Å². The van der Waals surface area contributed by atoms with Gasteiger partial charge in [-0.1, -0.05) is 78.9 Å². The molecule has 0 bridgehead atoms. The van der Waals surface area contributed by atoms with E-state index in [9.17, 15) is 9.59 Å². The summed E-state index contributed by atoms with van der Waals surface area (Å²) in [7, 11) is 0. The Morgan fingerprint density at radius 2 is 1.34 bits per heavy atom. The first-order valence-electron chi connectivity index (χ1n) is 10.9. The van der Waals surface area contributed by atoms with Crippen LogP contribution in [0.2, 0.25) is 0 Å². The van der Waals surface area contributed by atoms with Gasteiger partial charge >= 0.3 is 5.97 Å². The highest BCUT2D eigenvalue weighted by Crippen LogP contribution is 2.28. The Morgan fingerprint density at radius 1 is 0.714 bits per heavy atom. The lowest BCUT2D eigenvalue weighted by Crippen LogP contribution is -2.18. The van der Waals surface area contributed by atoms with E-state index in [-0.39, 0.29) is 5.91 Å². The van der Waals surface area contributed by atoms with E-state index in [0.717, 1.165) is 21.5 Å². The van der Waals surface area contributed by atoms with Gasteiger partial charge < -0.3 is 4.74 Å². The van der Waals surface area contributed by atoms with Gasteiger partial charge in [0.1, 0.15) is 5.75 Å². The van der Waals surface area contributed by atoms with E-state index in [4.69, 9.17) is 4.74 Å². The van der Waals surface area contributed by atoms with E-state index in [1.807, 2.05) is 72.8 Å². The molecule has 0 aliphatic heterocycles. The van der Waals surface area contributed by atoms with Crippen molar-refractivity contribution >= 4 is 55.6 Å². The number of hydrogen-bond donors (Lipinski definition) is 1. The molecule has 1 amide bonds. The lowest BCUT2D eigenvalue weighted by molar-refractivity contribution is 0.0736. The lowest BCUT2D eigenvalue weighted by atomic mass is 10.0. The molecule has 1 N–H and O–H groups in total. The van der Waals surface area contributed by atoms with Crippen molar-refractivity contribution in [2.75, 3.05) is 0 Å². The van der Waals surface area contributed by atoms with Crippen LogP contribution in [0, 0.1) is 0 Å². The van der Waals surface area contributed by atoms with Gasteiger partial charge in [0, 0.05) is 10.0 Å². The van der Waals surface area contributed by atoms with Crippen LogP contribution in [0.3, 0.4) is 0 Å². The first-order valence-corrected chi connectivity index (χ1v) is 11.7. The summed E-state index contributed by atoms with van der Waals surface area (Å²) >= 11 is 3.37. The highest BCUT2D eigenvalue weighted by Gasteiger charge is 2.16. The number of ether oxygens (including phenoxy) is 1. The van der Waals surface area contributed by atoms with Gasteiger partial charge in [0.05, 0.1) is 17.3 Å². The molecule has 5 nitrogen and oxygen atoms in total. The molecule has 0 saturated carbocycles. The van der Waals surface area contributed by atoms with Crippen molar-refractivity contribution in [2.45, 2.75) is 0 Å². The third kappa shape index (κ3) is 4.69. The average Bonchev–Trinajstić information content (AvgIpc) is 2.89. The minimum absolute atomic E-state index is 0.348. The van der Waals surface area contributed by atoms with Gasteiger partial charge in [-0.3, -0.25) is 4.79 Å². The topological polar surface area (TPSA) is 67.8 Å². The third-order valence-electron chi connectivity index (χ3n) is 5.62. The summed E-state index contributed by atoms with van der Waals surface area (Å²) < 4.78 is 6.53. The fourth-order valence-electron chi connectivity index (χ4n) is 3.92. The Morgan fingerprint density at radius 3 is 2.14 bits per heavy atom. The number of halogens is 1. The quantitative estimate of drug-likeness (QED) is 0.120. The number of benzene rings is 5. The van der Waals surface area contributed by atoms with Crippen LogP contribution in [0.1, 0.15) is 26.3 Å². The molecule has 0 aliphatic rings. The van der Waals surface area contributed by atoms with Gasteiger partial charge in [-0.05, 0) is 61.7 Å². The second kappa shape index (κ2) is 9.91. The van der Waals surface area contributed by atoms with Gasteiger partial charge in [0.2, 0.25) is 0 Å². The molecule has 0 radical (unpaired) electrons. The molecular weight excluding hydrogens is 504 g/mol. The number of fused-ring (bicyclic) bond motifs is 2. The predicted molar refractivity (Wildman–Crippen MR) is 142 cm³/mol. The molecule has 0 fully saturated rings. The maximum Gasteiger partial charge on any atom is 0.344 e. The Bertz CT molecular complexity index is 1610. The predicted octanol–water partition coefficient (Wildman–Crippen LogP) is 6.74. The summed E-state index contributed by atoms with van der Waals surface area (Å²) in [6, 6.07) is 31.6. The SMILES string of the molecule is O=C(N/N=C\c1c(OC(=O)c2cccc3ccccc23)ccc2ccccc12)c1ccccc1Br. The van der Waals surface area contributed by atoms with Crippen molar-refractivity contribution in [3.05, 3.63) is 124 Å². The normalized spacial score (nSPS) is 11.1. The van der Waals surface area contributed by atoms with Gasteiger partial charge in [-0.15, -0.1) is 0 Å². The molecule has 0 atom stereocenters. The number of rotatable bonds is 5. The van der Waals surface area contributed by atoms with Crippen molar-refractivity contribution in [3.8, 4) is 5.75 Å². The summed E-state index contributed by atoms with van der Waals surface area (Å²) in [6.45, 7) is 0. The van der Waals surface area contributed by atoms with Crippen LogP contribution in [-0.2, 0) is 0 Å². The van der Waals surface area contributed by atoms with Gasteiger partial charge in [0.15, 0.2) is 0 Å². The van der Waals surface area contributed by atoms with Crippen LogP contribution >= 0.6 is 15.9 Å². The van der Waals surface area contributed by atoms with E-state index in [1.165, 1.54) is 6.21 Å². The second-order valence-electron chi connectivity index (χ2n) is 7.79. The zero-order valence-corrected chi connectivity index (χ0v) is 20.0. The van der Waals surface area contributed by atoms with E-state index in [0.29, 0.717) is 26.9 Å². The van der Waals surface area contributed by atoms with Gasteiger partial charge in [0.25, 0.3) is 5.91 Å². The van der Waals surface area contributed by atoms with E-state index >= 15 is 0 Å². The van der Waals surface area contributed by atoms with Crippen LogP contribution < -0.4 is 10.2 Å². The van der Waals surface area contributed by atoms with Crippen molar-refractivity contribution in [2.24, 2.45) is 5.10 Å². The molecule has 0 aliphatic carbocycles.